The molecule has 0 spiro atoms. The number of anilines is 2. The summed E-state index contributed by atoms with van der Waals surface area (Å²) in [6.07, 6.45) is 2.88. The second-order valence-corrected chi connectivity index (χ2v) is 10.2. The van der Waals surface area contributed by atoms with Gasteiger partial charge in [0.25, 0.3) is 0 Å². The van der Waals surface area contributed by atoms with Crippen LogP contribution in [0.4, 0.5) is 10.9 Å². The summed E-state index contributed by atoms with van der Waals surface area (Å²) in [5, 5.41) is 14.2. The summed E-state index contributed by atoms with van der Waals surface area (Å²) < 4.78 is 6.74. The summed E-state index contributed by atoms with van der Waals surface area (Å²) in [5.74, 6) is 3.86. The highest BCUT2D eigenvalue weighted by Crippen LogP contribution is 2.32. The lowest BCUT2D eigenvalue weighted by molar-refractivity contribution is 0.272. The first kappa shape index (κ1) is 23.6. The molecule has 4 rings (SSSR count). The molecule has 4 N–H and O–H groups in total. The van der Waals surface area contributed by atoms with Crippen LogP contribution in [-0.4, -0.2) is 44.7 Å². The standard InChI is InChI=1S/C23H25N5O2S3/c1-31-11-10-16(13-29)25-20-19-21(26-22(24)33-19)28-23(27-20)32-14-15-6-5-9-18(12-15)30-17-7-3-2-4-8-17/h2-9,12,16,29H,10-11,13-14H2,1H3,(H3,24,25,26,27,28). The van der Waals surface area contributed by atoms with Crippen molar-refractivity contribution in [2.75, 3.05) is 29.7 Å². The molecule has 1 atom stereocenters. The molecule has 10 heteroatoms. The molecule has 172 valence electrons. The molecule has 0 saturated heterocycles. The molecule has 7 nitrogen and oxygen atoms in total. The van der Waals surface area contributed by atoms with Crippen molar-refractivity contribution >= 4 is 56.2 Å². The van der Waals surface area contributed by atoms with Crippen molar-refractivity contribution in [3.63, 3.8) is 0 Å². The van der Waals surface area contributed by atoms with E-state index in [1.165, 1.54) is 23.1 Å². The molecule has 33 heavy (non-hydrogen) atoms. The Hall–Kier alpha value is -2.53. The van der Waals surface area contributed by atoms with Gasteiger partial charge in [-0.25, -0.2) is 15.0 Å². The minimum Gasteiger partial charge on any atom is -0.457 e. The molecule has 0 aliphatic heterocycles. The van der Waals surface area contributed by atoms with Crippen LogP contribution in [0.5, 0.6) is 11.5 Å². The van der Waals surface area contributed by atoms with Gasteiger partial charge in [-0.1, -0.05) is 53.4 Å². The smallest absolute Gasteiger partial charge is 0.191 e. The zero-order valence-corrected chi connectivity index (χ0v) is 20.6. The zero-order valence-electron chi connectivity index (χ0n) is 18.1. The number of para-hydroxylation sites is 1. The van der Waals surface area contributed by atoms with Crippen molar-refractivity contribution in [1.29, 1.82) is 0 Å². The molecule has 0 amide bonds. The fourth-order valence-corrected chi connectivity index (χ4v) is 5.14. The first-order chi connectivity index (χ1) is 16.1. The maximum Gasteiger partial charge on any atom is 0.191 e. The van der Waals surface area contributed by atoms with E-state index in [2.05, 4.69) is 21.5 Å². The number of fused-ring (bicyclic) bond motifs is 1. The number of rotatable bonds is 11. The summed E-state index contributed by atoms with van der Waals surface area (Å²) in [6.45, 7) is 0.0248. The van der Waals surface area contributed by atoms with E-state index in [0.717, 1.165) is 33.9 Å². The Labute approximate surface area is 205 Å². The highest BCUT2D eigenvalue weighted by molar-refractivity contribution is 7.98. The third kappa shape index (κ3) is 6.50. The topological polar surface area (TPSA) is 106 Å². The number of thiazole rings is 1. The van der Waals surface area contributed by atoms with Gasteiger partial charge in [-0.05, 0) is 48.3 Å². The minimum atomic E-state index is -0.0939. The van der Waals surface area contributed by atoms with E-state index in [1.54, 1.807) is 11.8 Å². The van der Waals surface area contributed by atoms with E-state index in [4.69, 9.17) is 15.5 Å². The molecule has 2 heterocycles. The fourth-order valence-electron chi connectivity index (χ4n) is 3.12. The lowest BCUT2D eigenvalue weighted by atomic mass is 10.2. The summed E-state index contributed by atoms with van der Waals surface area (Å²) >= 11 is 4.61. The molecule has 0 saturated carbocycles. The fraction of sp³-hybridized carbons (Fsp3) is 0.261. The van der Waals surface area contributed by atoms with Crippen LogP contribution in [0, 0.1) is 0 Å². The third-order valence-corrected chi connectivity index (χ3v) is 7.17. The van der Waals surface area contributed by atoms with Crippen molar-refractivity contribution in [3.8, 4) is 11.5 Å². The predicted molar refractivity (Wildman–Crippen MR) is 140 cm³/mol. The first-order valence-electron chi connectivity index (χ1n) is 10.4. The van der Waals surface area contributed by atoms with Crippen LogP contribution in [0.1, 0.15) is 12.0 Å². The third-order valence-electron chi connectivity index (χ3n) is 4.73. The van der Waals surface area contributed by atoms with Gasteiger partial charge in [0.05, 0.1) is 12.6 Å². The summed E-state index contributed by atoms with van der Waals surface area (Å²) in [6, 6.07) is 17.6. The Morgan fingerprint density at radius 2 is 1.91 bits per heavy atom. The van der Waals surface area contributed by atoms with E-state index in [-0.39, 0.29) is 12.6 Å². The largest absolute Gasteiger partial charge is 0.457 e. The lowest BCUT2D eigenvalue weighted by Crippen LogP contribution is -2.25. The molecule has 1 unspecified atom stereocenters. The van der Waals surface area contributed by atoms with E-state index < -0.39 is 0 Å². The van der Waals surface area contributed by atoms with Gasteiger partial charge in [0, 0.05) is 5.75 Å². The highest BCUT2D eigenvalue weighted by Gasteiger charge is 2.16. The molecule has 2 aromatic heterocycles. The van der Waals surface area contributed by atoms with E-state index in [9.17, 15) is 5.11 Å². The maximum absolute atomic E-state index is 9.78. The van der Waals surface area contributed by atoms with E-state index in [0.29, 0.717) is 27.5 Å². The Kier molecular flexibility index (Phi) is 8.27. The number of ether oxygens (including phenoxy) is 1. The number of nitrogens with two attached hydrogens (primary N) is 1. The van der Waals surface area contributed by atoms with Gasteiger partial charge in [0.1, 0.15) is 16.2 Å². The lowest BCUT2D eigenvalue weighted by Gasteiger charge is -2.17. The molecule has 0 aliphatic rings. The van der Waals surface area contributed by atoms with Crippen LogP contribution < -0.4 is 15.8 Å². The monoisotopic (exact) mass is 499 g/mol. The van der Waals surface area contributed by atoms with Gasteiger partial charge < -0.3 is 20.9 Å². The van der Waals surface area contributed by atoms with Crippen LogP contribution >= 0.6 is 34.9 Å². The van der Waals surface area contributed by atoms with Crippen molar-refractivity contribution in [2.24, 2.45) is 0 Å². The molecular formula is C23H25N5O2S3. The molecule has 4 aromatic rings. The number of aliphatic hydroxyl groups is 1. The highest BCUT2D eigenvalue weighted by atomic mass is 32.2. The molecule has 0 radical (unpaired) electrons. The second kappa shape index (κ2) is 11.6. The Morgan fingerprint density at radius 1 is 1.09 bits per heavy atom. The average molecular weight is 500 g/mol. The van der Waals surface area contributed by atoms with Gasteiger partial charge in [-0.3, -0.25) is 0 Å². The second-order valence-electron chi connectivity index (χ2n) is 7.22. The van der Waals surface area contributed by atoms with E-state index in [1.807, 2.05) is 54.6 Å². The van der Waals surface area contributed by atoms with Gasteiger partial charge in [-0.2, -0.15) is 11.8 Å². The minimum absolute atomic E-state index is 0.0248. The Balaban J connectivity index is 1.50. The van der Waals surface area contributed by atoms with Crippen molar-refractivity contribution < 1.29 is 9.84 Å². The molecule has 0 bridgehead atoms. The maximum atomic E-state index is 9.78. The molecule has 0 aliphatic carbocycles. The number of nitrogens with one attached hydrogen (secondary N) is 1. The number of nitrogens with zero attached hydrogens (tertiary/aromatic N) is 3. The number of aliphatic hydroxyl groups excluding tert-OH is 1. The normalized spacial score (nSPS) is 12.1. The van der Waals surface area contributed by atoms with Crippen LogP contribution in [0.15, 0.2) is 59.8 Å². The number of aromatic nitrogens is 3. The number of thioether (sulfide) groups is 2. The van der Waals surface area contributed by atoms with Crippen LogP contribution in [0.2, 0.25) is 0 Å². The predicted octanol–water partition coefficient (Wildman–Crippen LogP) is 5.28. The van der Waals surface area contributed by atoms with E-state index >= 15 is 0 Å². The molecule has 0 fully saturated rings. The van der Waals surface area contributed by atoms with Gasteiger partial charge in [0.15, 0.2) is 21.8 Å². The molecule has 2 aromatic carbocycles. The van der Waals surface area contributed by atoms with Crippen molar-refractivity contribution in [2.45, 2.75) is 23.4 Å². The van der Waals surface area contributed by atoms with Crippen molar-refractivity contribution in [1.82, 2.24) is 15.0 Å². The first-order valence-corrected chi connectivity index (χ1v) is 13.6. The van der Waals surface area contributed by atoms with Gasteiger partial charge in [0.2, 0.25) is 0 Å². The Morgan fingerprint density at radius 3 is 2.70 bits per heavy atom. The number of hydrogen-bond acceptors (Lipinski definition) is 10. The number of nitrogen functional groups attached to an aromatic ring is 1. The summed E-state index contributed by atoms with van der Waals surface area (Å²) in [5.41, 5.74) is 7.60. The number of hydrogen-bond donors (Lipinski definition) is 3. The van der Waals surface area contributed by atoms with Gasteiger partial charge >= 0.3 is 0 Å². The van der Waals surface area contributed by atoms with Gasteiger partial charge in [-0.15, -0.1) is 0 Å². The Bertz CT molecular complexity index is 1190. The summed E-state index contributed by atoms with van der Waals surface area (Å²) in [4.78, 5) is 13.7. The number of benzene rings is 2. The van der Waals surface area contributed by atoms with Crippen LogP contribution in [0.3, 0.4) is 0 Å². The quantitative estimate of drug-likeness (QED) is 0.188. The van der Waals surface area contributed by atoms with Crippen LogP contribution in [-0.2, 0) is 5.75 Å². The SMILES string of the molecule is CSCCC(CO)Nc1nc(SCc2cccc(Oc3ccccc3)c2)nc2nc(N)sc12. The molecular weight excluding hydrogens is 474 g/mol. The zero-order chi connectivity index (χ0) is 23.0. The average Bonchev–Trinajstić information content (AvgIpc) is 3.21. The summed E-state index contributed by atoms with van der Waals surface area (Å²) in [7, 11) is 0. The van der Waals surface area contributed by atoms with Crippen LogP contribution in [0.25, 0.3) is 10.3 Å². The van der Waals surface area contributed by atoms with Crippen molar-refractivity contribution in [3.05, 3.63) is 60.2 Å².